The standard InChI is InChI=1S/C18H19NO4/c1-13(17(20)19-16-9-4-3-5-10-16)23-18(21)15-8-6-7-14(11-15)12-22-2/h3-11,13H,12H2,1-2H3,(H,19,20)/t13-/m1/s1. The molecule has 0 aliphatic heterocycles. The third-order valence-electron chi connectivity index (χ3n) is 3.17. The summed E-state index contributed by atoms with van der Waals surface area (Å²) in [5, 5.41) is 2.69. The fraction of sp³-hybridized carbons (Fsp3) is 0.222. The number of hydrogen-bond donors (Lipinski definition) is 1. The lowest BCUT2D eigenvalue weighted by Crippen LogP contribution is -2.30. The second kappa shape index (κ2) is 8.10. The molecule has 120 valence electrons. The van der Waals surface area contributed by atoms with E-state index in [1.165, 1.54) is 6.92 Å². The van der Waals surface area contributed by atoms with E-state index >= 15 is 0 Å². The first-order chi connectivity index (χ1) is 11.1. The second-order valence-corrected chi connectivity index (χ2v) is 5.04. The summed E-state index contributed by atoms with van der Waals surface area (Å²) in [6.45, 7) is 1.94. The average Bonchev–Trinajstić information content (AvgIpc) is 2.56. The second-order valence-electron chi connectivity index (χ2n) is 5.04. The highest BCUT2D eigenvalue weighted by molar-refractivity contribution is 5.97. The number of nitrogens with one attached hydrogen (secondary N) is 1. The van der Waals surface area contributed by atoms with Gasteiger partial charge in [-0.1, -0.05) is 30.3 Å². The Morgan fingerprint density at radius 2 is 1.83 bits per heavy atom. The Labute approximate surface area is 135 Å². The highest BCUT2D eigenvalue weighted by Crippen LogP contribution is 2.11. The van der Waals surface area contributed by atoms with Gasteiger partial charge in [0.25, 0.3) is 5.91 Å². The van der Waals surface area contributed by atoms with Crippen LogP contribution in [0.3, 0.4) is 0 Å². The number of anilines is 1. The Balaban J connectivity index is 1.96. The van der Waals surface area contributed by atoms with Gasteiger partial charge >= 0.3 is 5.97 Å². The molecule has 0 aliphatic carbocycles. The van der Waals surface area contributed by atoms with Crippen molar-refractivity contribution < 1.29 is 19.1 Å². The van der Waals surface area contributed by atoms with Crippen LogP contribution in [0.1, 0.15) is 22.8 Å². The van der Waals surface area contributed by atoms with Gasteiger partial charge in [-0.3, -0.25) is 4.79 Å². The summed E-state index contributed by atoms with van der Waals surface area (Å²) in [4.78, 5) is 24.2. The molecular formula is C18H19NO4. The fourth-order valence-electron chi connectivity index (χ4n) is 2.00. The van der Waals surface area contributed by atoms with Crippen LogP contribution in [0.25, 0.3) is 0 Å². The highest BCUT2D eigenvalue weighted by atomic mass is 16.5. The molecular weight excluding hydrogens is 294 g/mol. The van der Waals surface area contributed by atoms with Crippen LogP contribution in [0.2, 0.25) is 0 Å². The summed E-state index contributed by atoms with van der Waals surface area (Å²) >= 11 is 0. The number of amides is 1. The molecule has 0 saturated heterocycles. The number of esters is 1. The van der Waals surface area contributed by atoms with Crippen LogP contribution in [-0.2, 0) is 20.9 Å². The highest BCUT2D eigenvalue weighted by Gasteiger charge is 2.19. The SMILES string of the molecule is COCc1cccc(C(=O)O[C@H](C)C(=O)Nc2ccccc2)c1. The maximum absolute atomic E-state index is 12.1. The summed E-state index contributed by atoms with van der Waals surface area (Å²) in [5.74, 6) is -0.920. The lowest BCUT2D eigenvalue weighted by atomic mass is 10.1. The molecule has 1 N–H and O–H groups in total. The van der Waals surface area contributed by atoms with Crippen molar-refractivity contribution in [3.63, 3.8) is 0 Å². The van der Waals surface area contributed by atoms with Gasteiger partial charge in [0.15, 0.2) is 6.10 Å². The number of ether oxygens (including phenoxy) is 2. The van der Waals surface area contributed by atoms with Crippen LogP contribution >= 0.6 is 0 Å². The first-order valence-corrected chi connectivity index (χ1v) is 7.25. The first-order valence-electron chi connectivity index (χ1n) is 7.25. The van der Waals surface area contributed by atoms with Crippen molar-refractivity contribution in [3.8, 4) is 0 Å². The molecule has 0 radical (unpaired) electrons. The topological polar surface area (TPSA) is 64.6 Å². The van der Waals surface area contributed by atoms with Crippen LogP contribution < -0.4 is 5.32 Å². The molecule has 5 heteroatoms. The van der Waals surface area contributed by atoms with E-state index < -0.39 is 12.1 Å². The van der Waals surface area contributed by atoms with Crippen molar-refractivity contribution in [2.75, 3.05) is 12.4 Å². The molecule has 1 atom stereocenters. The van der Waals surface area contributed by atoms with Crippen LogP contribution in [0.15, 0.2) is 54.6 Å². The van der Waals surface area contributed by atoms with Gasteiger partial charge in [0.1, 0.15) is 0 Å². The van der Waals surface area contributed by atoms with Crippen molar-refractivity contribution in [2.45, 2.75) is 19.6 Å². The third-order valence-corrected chi connectivity index (χ3v) is 3.17. The molecule has 0 spiro atoms. The molecule has 0 unspecified atom stereocenters. The molecule has 0 aliphatic rings. The monoisotopic (exact) mass is 313 g/mol. The van der Waals surface area contributed by atoms with E-state index in [-0.39, 0.29) is 5.91 Å². The van der Waals surface area contributed by atoms with Crippen molar-refractivity contribution in [1.29, 1.82) is 0 Å². The van der Waals surface area contributed by atoms with Gasteiger partial charge in [-0.05, 0) is 36.8 Å². The van der Waals surface area contributed by atoms with Crippen molar-refractivity contribution in [1.82, 2.24) is 0 Å². The predicted molar refractivity (Wildman–Crippen MR) is 87.1 cm³/mol. The number of para-hydroxylation sites is 1. The van der Waals surface area contributed by atoms with Crippen molar-refractivity contribution in [3.05, 3.63) is 65.7 Å². The molecule has 2 rings (SSSR count). The number of rotatable bonds is 6. The normalized spacial score (nSPS) is 11.6. The smallest absolute Gasteiger partial charge is 0.338 e. The van der Waals surface area contributed by atoms with Crippen LogP contribution in [0.4, 0.5) is 5.69 Å². The minimum absolute atomic E-state index is 0.377. The van der Waals surface area contributed by atoms with E-state index in [1.807, 2.05) is 24.3 Å². The van der Waals surface area contributed by atoms with E-state index in [4.69, 9.17) is 9.47 Å². The van der Waals surface area contributed by atoms with E-state index in [1.54, 1.807) is 37.4 Å². The quantitative estimate of drug-likeness (QED) is 0.833. The number of carbonyl (C=O) groups is 2. The van der Waals surface area contributed by atoms with Gasteiger partial charge in [-0.2, -0.15) is 0 Å². The van der Waals surface area contributed by atoms with Gasteiger partial charge in [0.05, 0.1) is 12.2 Å². The number of hydrogen-bond acceptors (Lipinski definition) is 4. The minimum Gasteiger partial charge on any atom is -0.449 e. The molecule has 2 aromatic rings. The van der Waals surface area contributed by atoms with Gasteiger partial charge in [-0.15, -0.1) is 0 Å². The van der Waals surface area contributed by atoms with Crippen LogP contribution in [0.5, 0.6) is 0 Å². The molecule has 23 heavy (non-hydrogen) atoms. The third kappa shape index (κ3) is 4.93. The number of benzene rings is 2. The van der Waals surface area contributed by atoms with Crippen molar-refractivity contribution >= 4 is 17.6 Å². The van der Waals surface area contributed by atoms with E-state index in [2.05, 4.69) is 5.32 Å². The largest absolute Gasteiger partial charge is 0.449 e. The summed E-state index contributed by atoms with van der Waals surface area (Å²) in [5.41, 5.74) is 1.91. The van der Waals surface area contributed by atoms with E-state index in [9.17, 15) is 9.59 Å². The maximum atomic E-state index is 12.1. The summed E-state index contributed by atoms with van der Waals surface area (Å²) in [7, 11) is 1.58. The Hall–Kier alpha value is -2.66. The lowest BCUT2D eigenvalue weighted by molar-refractivity contribution is -0.123. The molecule has 0 saturated carbocycles. The average molecular weight is 313 g/mol. The summed E-state index contributed by atoms with van der Waals surface area (Å²) in [6.07, 6.45) is -0.895. The molecule has 2 aromatic carbocycles. The minimum atomic E-state index is -0.895. The van der Waals surface area contributed by atoms with Crippen LogP contribution in [-0.4, -0.2) is 25.1 Å². The zero-order chi connectivity index (χ0) is 16.7. The summed E-state index contributed by atoms with van der Waals surface area (Å²) < 4.78 is 10.2. The zero-order valence-corrected chi connectivity index (χ0v) is 13.1. The Morgan fingerprint density at radius 3 is 2.52 bits per heavy atom. The van der Waals surface area contributed by atoms with Gasteiger partial charge < -0.3 is 14.8 Å². The van der Waals surface area contributed by atoms with Gasteiger partial charge in [0.2, 0.25) is 0 Å². The molecule has 1 amide bonds. The Morgan fingerprint density at radius 1 is 1.09 bits per heavy atom. The zero-order valence-electron chi connectivity index (χ0n) is 13.1. The molecule has 0 heterocycles. The fourth-order valence-corrected chi connectivity index (χ4v) is 2.00. The van der Waals surface area contributed by atoms with Gasteiger partial charge in [0, 0.05) is 12.8 Å². The first kappa shape index (κ1) is 16.7. The van der Waals surface area contributed by atoms with E-state index in [0.29, 0.717) is 17.9 Å². The molecule has 5 nitrogen and oxygen atoms in total. The Bertz CT molecular complexity index is 670. The van der Waals surface area contributed by atoms with Crippen molar-refractivity contribution in [2.24, 2.45) is 0 Å². The van der Waals surface area contributed by atoms with E-state index in [0.717, 1.165) is 5.56 Å². The molecule has 0 aromatic heterocycles. The number of methoxy groups -OCH3 is 1. The lowest BCUT2D eigenvalue weighted by Gasteiger charge is -2.14. The molecule has 0 fully saturated rings. The maximum Gasteiger partial charge on any atom is 0.338 e. The van der Waals surface area contributed by atoms with Gasteiger partial charge in [-0.25, -0.2) is 4.79 Å². The van der Waals surface area contributed by atoms with Crippen LogP contribution in [0, 0.1) is 0 Å². The predicted octanol–water partition coefficient (Wildman–Crippen LogP) is 3.02. The molecule has 0 bridgehead atoms. The number of carbonyl (C=O) groups excluding carboxylic acids is 2. The Kier molecular flexibility index (Phi) is 5.88. The summed E-state index contributed by atoms with van der Waals surface area (Å²) in [6, 6.07) is 15.9.